The second-order valence-electron chi connectivity index (χ2n) is 7.17. The van der Waals surface area contributed by atoms with Crippen molar-refractivity contribution in [2.45, 2.75) is 49.8 Å². The average molecular weight is 363 g/mol. The highest BCUT2D eigenvalue weighted by atomic mass is 32.2. The molecular formula is C20H34N4S. The molecule has 1 heterocycles. The van der Waals surface area contributed by atoms with E-state index in [-0.39, 0.29) is 0 Å². The predicted molar refractivity (Wildman–Crippen MR) is 111 cm³/mol. The van der Waals surface area contributed by atoms with Crippen LogP contribution in [0.3, 0.4) is 0 Å². The first-order valence-electron chi connectivity index (χ1n) is 9.48. The quantitative estimate of drug-likeness (QED) is 0.443. The fourth-order valence-corrected chi connectivity index (χ4v) is 4.15. The Kier molecular flexibility index (Phi) is 8.62. The van der Waals surface area contributed by atoms with Gasteiger partial charge in [0.05, 0.1) is 0 Å². The molecule has 0 bridgehead atoms. The zero-order valence-corrected chi connectivity index (χ0v) is 17.0. The highest BCUT2D eigenvalue weighted by Gasteiger charge is 2.21. The summed E-state index contributed by atoms with van der Waals surface area (Å²) in [4.78, 5) is 8.28. The molecule has 1 aliphatic rings. The number of nitrogens with one attached hydrogen (secondary N) is 2. The van der Waals surface area contributed by atoms with Crippen molar-refractivity contribution in [3.05, 3.63) is 30.3 Å². The second-order valence-corrected chi connectivity index (χ2v) is 8.68. The Morgan fingerprint density at radius 1 is 1.24 bits per heavy atom. The van der Waals surface area contributed by atoms with Crippen LogP contribution >= 0.6 is 11.8 Å². The number of nitrogens with zero attached hydrogens (tertiary/aromatic N) is 2. The zero-order valence-electron chi connectivity index (χ0n) is 16.2. The molecule has 1 fully saturated rings. The predicted octanol–water partition coefficient (Wildman–Crippen LogP) is 3.45. The molecule has 25 heavy (non-hydrogen) atoms. The number of piperidine rings is 1. The SMILES string of the molecule is CN=C(NCC1CCCN(C(C)C)C1)NCC(C)Sc1ccccc1. The van der Waals surface area contributed by atoms with Gasteiger partial charge in [-0.15, -0.1) is 11.8 Å². The minimum absolute atomic E-state index is 0.493. The van der Waals surface area contributed by atoms with Crippen LogP contribution < -0.4 is 10.6 Å². The van der Waals surface area contributed by atoms with Gasteiger partial charge in [0.2, 0.25) is 0 Å². The summed E-state index contributed by atoms with van der Waals surface area (Å²) in [5, 5.41) is 7.48. The first kappa shape index (κ1) is 20.1. The number of hydrogen-bond acceptors (Lipinski definition) is 3. The lowest BCUT2D eigenvalue weighted by atomic mass is 9.97. The summed E-state index contributed by atoms with van der Waals surface area (Å²) < 4.78 is 0. The number of guanidine groups is 1. The molecule has 0 amide bonds. The standard InChI is InChI=1S/C20H34N4S/c1-16(2)24-12-8-9-18(15-24)14-23-20(21-4)22-13-17(3)25-19-10-6-5-7-11-19/h5-7,10-11,16-18H,8-9,12-15H2,1-4H3,(H2,21,22,23). The normalized spacial score (nSPS) is 20.5. The molecule has 1 aliphatic heterocycles. The molecule has 1 saturated heterocycles. The maximum absolute atomic E-state index is 4.38. The first-order chi connectivity index (χ1) is 12.1. The molecule has 0 saturated carbocycles. The topological polar surface area (TPSA) is 39.7 Å². The minimum atomic E-state index is 0.493. The summed E-state index contributed by atoms with van der Waals surface area (Å²) in [5.41, 5.74) is 0. The lowest BCUT2D eigenvalue weighted by Gasteiger charge is -2.35. The fourth-order valence-electron chi connectivity index (χ4n) is 3.21. The molecule has 1 aromatic rings. The van der Waals surface area contributed by atoms with Crippen molar-refractivity contribution in [2.24, 2.45) is 10.9 Å². The Bertz CT molecular complexity index is 518. The summed E-state index contributed by atoms with van der Waals surface area (Å²) in [6.45, 7) is 11.2. The van der Waals surface area contributed by atoms with Crippen molar-refractivity contribution in [3.63, 3.8) is 0 Å². The van der Waals surface area contributed by atoms with Gasteiger partial charge < -0.3 is 15.5 Å². The monoisotopic (exact) mass is 362 g/mol. The molecule has 2 rings (SSSR count). The highest BCUT2D eigenvalue weighted by molar-refractivity contribution is 8.00. The summed E-state index contributed by atoms with van der Waals surface area (Å²) in [5.74, 6) is 1.63. The molecule has 0 aliphatic carbocycles. The largest absolute Gasteiger partial charge is 0.356 e. The third kappa shape index (κ3) is 7.28. The van der Waals surface area contributed by atoms with Gasteiger partial charge in [0, 0.05) is 42.9 Å². The van der Waals surface area contributed by atoms with Crippen molar-refractivity contribution in [3.8, 4) is 0 Å². The van der Waals surface area contributed by atoms with E-state index in [1.165, 1.54) is 30.8 Å². The van der Waals surface area contributed by atoms with Gasteiger partial charge in [-0.25, -0.2) is 0 Å². The van der Waals surface area contributed by atoms with E-state index >= 15 is 0 Å². The molecule has 0 aromatic heterocycles. The van der Waals surface area contributed by atoms with E-state index in [4.69, 9.17) is 0 Å². The molecule has 0 radical (unpaired) electrons. The molecule has 5 heteroatoms. The lowest BCUT2D eigenvalue weighted by molar-refractivity contribution is 0.141. The van der Waals surface area contributed by atoms with Crippen LogP contribution in [0.4, 0.5) is 0 Å². The van der Waals surface area contributed by atoms with Crippen LogP contribution in [0.25, 0.3) is 0 Å². The number of likely N-dealkylation sites (tertiary alicyclic amines) is 1. The minimum Gasteiger partial charge on any atom is -0.356 e. The van der Waals surface area contributed by atoms with Gasteiger partial charge in [-0.05, 0) is 51.3 Å². The van der Waals surface area contributed by atoms with Crippen LogP contribution in [0.2, 0.25) is 0 Å². The summed E-state index contributed by atoms with van der Waals surface area (Å²) in [6, 6.07) is 11.2. The van der Waals surface area contributed by atoms with Crippen molar-refractivity contribution in [1.29, 1.82) is 0 Å². The Morgan fingerprint density at radius 3 is 2.68 bits per heavy atom. The van der Waals surface area contributed by atoms with Crippen LogP contribution in [-0.2, 0) is 0 Å². The summed E-state index contributed by atoms with van der Waals surface area (Å²) in [7, 11) is 1.85. The van der Waals surface area contributed by atoms with Gasteiger partial charge in [-0.3, -0.25) is 4.99 Å². The average Bonchev–Trinajstić information content (AvgIpc) is 2.63. The zero-order chi connectivity index (χ0) is 18.1. The molecule has 1 aromatic carbocycles. The van der Waals surface area contributed by atoms with Crippen molar-refractivity contribution < 1.29 is 0 Å². The van der Waals surface area contributed by atoms with Crippen LogP contribution in [-0.4, -0.2) is 55.4 Å². The molecule has 0 spiro atoms. The fraction of sp³-hybridized carbons (Fsp3) is 0.650. The molecule has 4 nitrogen and oxygen atoms in total. The first-order valence-corrected chi connectivity index (χ1v) is 10.4. The smallest absolute Gasteiger partial charge is 0.191 e. The van der Waals surface area contributed by atoms with Crippen molar-refractivity contribution >= 4 is 17.7 Å². The maximum atomic E-state index is 4.38. The van der Waals surface area contributed by atoms with E-state index in [2.05, 4.69) is 71.6 Å². The number of hydrogen-bond donors (Lipinski definition) is 2. The van der Waals surface area contributed by atoms with E-state index in [1.807, 2.05) is 18.8 Å². The Morgan fingerprint density at radius 2 is 2.00 bits per heavy atom. The summed E-state index contributed by atoms with van der Waals surface area (Å²) >= 11 is 1.89. The Labute approximate surface area is 157 Å². The highest BCUT2D eigenvalue weighted by Crippen LogP contribution is 2.22. The van der Waals surface area contributed by atoms with Gasteiger partial charge >= 0.3 is 0 Å². The van der Waals surface area contributed by atoms with E-state index in [1.54, 1.807) is 0 Å². The van der Waals surface area contributed by atoms with Gasteiger partial charge in [0.1, 0.15) is 0 Å². The third-order valence-corrected chi connectivity index (χ3v) is 5.81. The number of aliphatic imine (C=N–C) groups is 1. The molecular weight excluding hydrogens is 328 g/mol. The molecule has 2 atom stereocenters. The van der Waals surface area contributed by atoms with Crippen molar-refractivity contribution in [2.75, 3.05) is 33.2 Å². The van der Waals surface area contributed by atoms with Gasteiger partial charge in [-0.1, -0.05) is 25.1 Å². The number of rotatable bonds is 7. The second kappa shape index (κ2) is 10.7. The van der Waals surface area contributed by atoms with E-state index in [0.717, 1.165) is 19.0 Å². The van der Waals surface area contributed by atoms with E-state index in [0.29, 0.717) is 17.2 Å². The molecule has 2 N–H and O–H groups in total. The van der Waals surface area contributed by atoms with Crippen molar-refractivity contribution in [1.82, 2.24) is 15.5 Å². The maximum Gasteiger partial charge on any atom is 0.191 e. The third-order valence-electron chi connectivity index (χ3n) is 4.70. The number of benzene rings is 1. The number of thioether (sulfide) groups is 1. The van der Waals surface area contributed by atoms with E-state index < -0.39 is 0 Å². The van der Waals surface area contributed by atoms with E-state index in [9.17, 15) is 0 Å². The lowest BCUT2D eigenvalue weighted by Crippen LogP contribution is -2.46. The Balaban J connectivity index is 1.70. The van der Waals surface area contributed by atoms with Gasteiger partial charge in [-0.2, -0.15) is 0 Å². The van der Waals surface area contributed by atoms with Crippen LogP contribution in [0, 0.1) is 5.92 Å². The van der Waals surface area contributed by atoms with Gasteiger partial charge in [0.15, 0.2) is 5.96 Å². The Hall–Kier alpha value is -1.20. The van der Waals surface area contributed by atoms with Crippen LogP contribution in [0.1, 0.15) is 33.6 Å². The summed E-state index contributed by atoms with van der Waals surface area (Å²) in [6.07, 6.45) is 2.62. The molecule has 2 unspecified atom stereocenters. The van der Waals surface area contributed by atoms with Crippen LogP contribution in [0.15, 0.2) is 40.2 Å². The van der Waals surface area contributed by atoms with Crippen LogP contribution in [0.5, 0.6) is 0 Å². The van der Waals surface area contributed by atoms with Gasteiger partial charge in [0.25, 0.3) is 0 Å². The molecule has 140 valence electrons.